The molecule has 1 aromatic rings. The number of ether oxygens (including phenoxy) is 1. The minimum absolute atomic E-state index is 0.105. The molecular weight excluding hydrogens is 231 g/mol. The van der Waals surface area contributed by atoms with E-state index >= 15 is 0 Å². The van der Waals surface area contributed by atoms with Gasteiger partial charge in [-0.15, -0.1) is 0 Å². The topological polar surface area (TPSA) is 35.2 Å². The molecule has 0 unspecified atom stereocenters. The molecule has 0 aliphatic heterocycles. The predicted octanol–water partition coefficient (Wildman–Crippen LogP) is 2.49. The van der Waals surface area contributed by atoms with Crippen LogP contribution >= 0.6 is 0 Å². The highest BCUT2D eigenvalue weighted by atomic mass is 19.2. The summed E-state index contributed by atoms with van der Waals surface area (Å²) in [4.78, 5) is 0. The van der Waals surface area contributed by atoms with Gasteiger partial charge in [0.25, 0.3) is 0 Å². The second-order valence-corrected chi connectivity index (χ2v) is 4.40. The van der Waals surface area contributed by atoms with Crippen LogP contribution in [-0.4, -0.2) is 13.7 Å². The van der Waals surface area contributed by atoms with Gasteiger partial charge in [-0.1, -0.05) is 6.42 Å². The van der Waals surface area contributed by atoms with E-state index in [-0.39, 0.29) is 17.9 Å². The molecule has 17 heavy (non-hydrogen) atoms. The molecule has 2 rings (SSSR count). The average Bonchev–Trinajstić information content (AvgIpc) is 2.27. The second kappa shape index (κ2) is 4.22. The van der Waals surface area contributed by atoms with Gasteiger partial charge in [0.2, 0.25) is 0 Å². The monoisotopic (exact) mass is 245 g/mol. The van der Waals surface area contributed by atoms with Gasteiger partial charge in [-0.05, 0) is 12.8 Å². The first-order chi connectivity index (χ1) is 8.05. The number of hydrogen-bond donors (Lipinski definition) is 1. The first-order valence-corrected chi connectivity index (χ1v) is 5.48. The summed E-state index contributed by atoms with van der Waals surface area (Å²) in [6, 6.07) is 0.719. The minimum atomic E-state index is -1.14. The molecule has 1 aromatic carbocycles. The van der Waals surface area contributed by atoms with Gasteiger partial charge in [-0.3, -0.25) is 0 Å². The van der Waals surface area contributed by atoms with Crippen molar-refractivity contribution in [1.82, 2.24) is 0 Å². The summed E-state index contributed by atoms with van der Waals surface area (Å²) in [5, 5.41) is 0. The zero-order chi connectivity index (χ0) is 12.6. The highest BCUT2D eigenvalue weighted by molar-refractivity contribution is 5.40. The predicted molar refractivity (Wildman–Crippen MR) is 57.5 cm³/mol. The molecular formula is C12H14F3NO. The van der Waals surface area contributed by atoms with Crippen molar-refractivity contribution in [3.05, 3.63) is 29.1 Å². The van der Waals surface area contributed by atoms with Crippen molar-refractivity contribution in [3.8, 4) is 5.75 Å². The van der Waals surface area contributed by atoms with Crippen LogP contribution in [0.2, 0.25) is 0 Å². The molecule has 94 valence electrons. The Bertz CT molecular complexity index is 438. The molecule has 0 saturated heterocycles. The molecule has 0 amide bonds. The number of nitrogens with two attached hydrogens (primary N) is 1. The van der Waals surface area contributed by atoms with Gasteiger partial charge in [0, 0.05) is 23.6 Å². The number of halogens is 3. The first-order valence-electron chi connectivity index (χ1n) is 5.48. The van der Waals surface area contributed by atoms with E-state index in [2.05, 4.69) is 0 Å². The summed E-state index contributed by atoms with van der Waals surface area (Å²) >= 11 is 0. The maximum absolute atomic E-state index is 14.0. The molecule has 1 fully saturated rings. The number of hydrogen-bond acceptors (Lipinski definition) is 2. The van der Waals surface area contributed by atoms with Gasteiger partial charge in [0.05, 0.1) is 7.11 Å². The summed E-state index contributed by atoms with van der Waals surface area (Å²) in [7, 11) is 1.22. The molecule has 0 heterocycles. The number of rotatable bonds is 3. The highest BCUT2D eigenvalue weighted by Crippen LogP contribution is 2.46. The van der Waals surface area contributed by atoms with Crippen molar-refractivity contribution >= 4 is 0 Å². The Labute approximate surface area is 97.6 Å². The Morgan fingerprint density at radius 1 is 1.29 bits per heavy atom. The average molecular weight is 245 g/mol. The SMILES string of the molecule is COc1cc(F)c(F)c(C2(CN)CCC2)c1F. The van der Waals surface area contributed by atoms with Crippen molar-refractivity contribution in [1.29, 1.82) is 0 Å². The van der Waals surface area contributed by atoms with Gasteiger partial charge in [-0.2, -0.15) is 0 Å². The van der Waals surface area contributed by atoms with Crippen LogP contribution in [0, 0.1) is 17.5 Å². The van der Waals surface area contributed by atoms with Crippen molar-refractivity contribution in [2.24, 2.45) is 5.73 Å². The zero-order valence-electron chi connectivity index (χ0n) is 9.53. The Morgan fingerprint density at radius 2 is 1.94 bits per heavy atom. The summed E-state index contributed by atoms with van der Waals surface area (Å²) in [6.45, 7) is 0.105. The van der Waals surface area contributed by atoms with Crippen molar-refractivity contribution in [2.45, 2.75) is 24.7 Å². The van der Waals surface area contributed by atoms with E-state index in [1.807, 2.05) is 0 Å². The van der Waals surface area contributed by atoms with Crippen LogP contribution < -0.4 is 10.5 Å². The van der Waals surface area contributed by atoms with E-state index in [1.54, 1.807) is 0 Å². The molecule has 0 radical (unpaired) electrons. The third kappa shape index (κ3) is 1.69. The molecule has 0 atom stereocenters. The molecule has 5 heteroatoms. The van der Waals surface area contributed by atoms with E-state index in [9.17, 15) is 13.2 Å². The van der Waals surface area contributed by atoms with Crippen LogP contribution in [0.3, 0.4) is 0 Å². The molecule has 1 aliphatic carbocycles. The van der Waals surface area contributed by atoms with Gasteiger partial charge in [0.15, 0.2) is 23.2 Å². The highest BCUT2D eigenvalue weighted by Gasteiger charge is 2.43. The van der Waals surface area contributed by atoms with Crippen LogP contribution in [-0.2, 0) is 5.41 Å². The fraction of sp³-hybridized carbons (Fsp3) is 0.500. The van der Waals surface area contributed by atoms with Gasteiger partial charge < -0.3 is 10.5 Å². The minimum Gasteiger partial charge on any atom is -0.494 e. The Balaban J connectivity index is 2.63. The Hall–Kier alpha value is -1.23. The van der Waals surface area contributed by atoms with Gasteiger partial charge in [0.1, 0.15) is 0 Å². The lowest BCUT2D eigenvalue weighted by Crippen LogP contribution is -2.43. The second-order valence-electron chi connectivity index (χ2n) is 4.40. The van der Waals surface area contributed by atoms with Crippen LogP contribution in [0.5, 0.6) is 5.75 Å². The summed E-state index contributed by atoms with van der Waals surface area (Å²) in [5.74, 6) is -3.36. The fourth-order valence-corrected chi connectivity index (χ4v) is 2.35. The summed E-state index contributed by atoms with van der Waals surface area (Å²) in [6.07, 6.45) is 1.99. The molecule has 1 saturated carbocycles. The molecule has 2 nitrogen and oxygen atoms in total. The number of methoxy groups -OCH3 is 1. The smallest absolute Gasteiger partial charge is 0.171 e. The van der Waals surface area contributed by atoms with Crippen LogP contribution in [0.25, 0.3) is 0 Å². The largest absolute Gasteiger partial charge is 0.494 e. The van der Waals surface area contributed by atoms with E-state index in [0.29, 0.717) is 12.8 Å². The van der Waals surface area contributed by atoms with E-state index in [4.69, 9.17) is 10.5 Å². The molecule has 0 aromatic heterocycles. The fourth-order valence-electron chi connectivity index (χ4n) is 2.35. The van der Waals surface area contributed by atoms with Crippen molar-refractivity contribution in [2.75, 3.05) is 13.7 Å². The van der Waals surface area contributed by atoms with Crippen molar-refractivity contribution < 1.29 is 17.9 Å². The normalized spacial score (nSPS) is 17.7. The Kier molecular flexibility index (Phi) is 3.03. The summed E-state index contributed by atoms with van der Waals surface area (Å²) in [5.41, 5.74) is 4.55. The molecule has 2 N–H and O–H groups in total. The number of benzene rings is 1. The summed E-state index contributed by atoms with van der Waals surface area (Å²) < 4.78 is 45.9. The van der Waals surface area contributed by atoms with E-state index < -0.39 is 22.9 Å². The lowest BCUT2D eigenvalue weighted by atomic mass is 9.64. The van der Waals surface area contributed by atoms with E-state index in [0.717, 1.165) is 12.5 Å². The van der Waals surface area contributed by atoms with Crippen LogP contribution in [0.15, 0.2) is 6.07 Å². The Morgan fingerprint density at radius 3 is 2.35 bits per heavy atom. The standard InChI is InChI=1S/C12H14F3NO/c1-17-8-5-7(13)10(14)9(11(8)15)12(6-16)3-2-4-12/h5H,2-4,6,16H2,1H3. The quantitative estimate of drug-likeness (QED) is 0.830. The third-order valence-electron chi connectivity index (χ3n) is 3.57. The van der Waals surface area contributed by atoms with Gasteiger partial charge in [-0.25, -0.2) is 13.2 Å². The maximum atomic E-state index is 14.0. The lowest BCUT2D eigenvalue weighted by Gasteiger charge is -2.41. The van der Waals surface area contributed by atoms with Crippen molar-refractivity contribution in [3.63, 3.8) is 0 Å². The first kappa shape index (κ1) is 12.2. The van der Waals surface area contributed by atoms with Crippen LogP contribution in [0.4, 0.5) is 13.2 Å². The van der Waals surface area contributed by atoms with Crippen LogP contribution in [0.1, 0.15) is 24.8 Å². The lowest BCUT2D eigenvalue weighted by molar-refractivity contribution is 0.229. The van der Waals surface area contributed by atoms with E-state index in [1.165, 1.54) is 7.11 Å². The maximum Gasteiger partial charge on any atom is 0.171 e. The molecule has 0 spiro atoms. The molecule has 1 aliphatic rings. The third-order valence-corrected chi connectivity index (χ3v) is 3.57. The zero-order valence-corrected chi connectivity index (χ0v) is 9.53. The van der Waals surface area contributed by atoms with Gasteiger partial charge >= 0.3 is 0 Å². The molecule has 0 bridgehead atoms.